The molecule has 3 N–H and O–H groups in total. The Balaban J connectivity index is 1.57. The summed E-state index contributed by atoms with van der Waals surface area (Å²) in [6.45, 7) is 0.0963. The third kappa shape index (κ3) is 6.25. The topological polar surface area (TPSA) is 69.6 Å². The fourth-order valence-electron chi connectivity index (χ4n) is 3.19. The van der Waals surface area contributed by atoms with Crippen molar-refractivity contribution in [2.24, 2.45) is 5.92 Å². The summed E-state index contributed by atoms with van der Waals surface area (Å²) < 4.78 is 0. The van der Waals surface area contributed by atoms with Crippen molar-refractivity contribution < 1.29 is 14.6 Å². The van der Waals surface area contributed by atoms with Gasteiger partial charge in [0.25, 0.3) is 7.72 Å². The summed E-state index contributed by atoms with van der Waals surface area (Å²) in [6.07, 6.45) is 2.10. The molecule has 27 heavy (non-hydrogen) atoms. The van der Waals surface area contributed by atoms with Crippen LogP contribution in [-0.2, 0) is 11.0 Å². The van der Waals surface area contributed by atoms with E-state index in [2.05, 4.69) is 5.32 Å². The van der Waals surface area contributed by atoms with Crippen molar-refractivity contribution >= 4 is 36.7 Å². The van der Waals surface area contributed by atoms with Crippen molar-refractivity contribution in [2.45, 2.75) is 25.0 Å². The maximum absolute atomic E-state index is 12.3. The van der Waals surface area contributed by atoms with Crippen molar-refractivity contribution in [3.8, 4) is 0 Å². The van der Waals surface area contributed by atoms with Crippen LogP contribution in [-0.4, -0.2) is 28.3 Å². The molecule has 2 aromatic carbocycles. The number of halogens is 2. The fraction of sp³-hybridized carbons (Fsp3) is 0.350. The van der Waals surface area contributed by atoms with Gasteiger partial charge in [0.15, 0.2) is 11.9 Å². The standard InChI is InChI=1S/C20H23Cl2NO3P/c21-18-9-8-16(10-19(18)22)20(15-6-7-15)23-11-17(24)13-27(25,26)12-14-4-2-1-3-5-14/h1-5,8-10,15,20,23,25-26H,6-7,11-13H2/q+1. The van der Waals surface area contributed by atoms with Crippen LogP contribution in [0.1, 0.15) is 30.0 Å². The average molecular weight is 427 g/mol. The van der Waals surface area contributed by atoms with Gasteiger partial charge in [-0.15, -0.1) is 0 Å². The van der Waals surface area contributed by atoms with Gasteiger partial charge in [-0.2, -0.15) is 0 Å². The maximum Gasteiger partial charge on any atom is 0.279 e. The van der Waals surface area contributed by atoms with Crippen LogP contribution in [0.4, 0.5) is 0 Å². The van der Waals surface area contributed by atoms with Gasteiger partial charge < -0.3 is 5.32 Å². The molecular formula is C20H23Cl2NO3P+. The van der Waals surface area contributed by atoms with Crippen molar-refractivity contribution in [1.29, 1.82) is 0 Å². The number of hydrogen-bond acceptors (Lipinski definition) is 4. The Morgan fingerprint density at radius 2 is 1.81 bits per heavy atom. The Hall–Kier alpha value is -1.00. The van der Waals surface area contributed by atoms with Crippen LogP contribution in [0.5, 0.6) is 0 Å². The highest BCUT2D eigenvalue weighted by Gasteiger charge is 2.37. The van der Waals surface area contributed by atoms with E-state index in [1.807, 2.05) is 42.5 Å². The maximum atomic E-state index is 12.3. The predicted molar refractivity (Wildman–Crippen MR) is 111 cm³/mol. The number of carbonyl (C=O) groups is 1. The zero-order chi connectivity index (χ0) is 19.4. The van der Waals surface area contributed by atoms with Gasteiger partial charge in [0.2, 0.25) is 0 Å². The van der Waals surface area contributed by atoms with Crippen LogP contribution in [0, 0.1) is 5.92 Å². The molecule has 1 aliphatic rings. The minimum absolute atomic E-state index is 0.0166. The second-order valence-corrected chi connectivity index (χ2v) is 10.3. The van der Waals surface area contributed by atoms with E-state index in [9.17, 15) is 14.6 Å². The van der Waals surface area contributed by atoms with Crippen molar-refractivity contribution in [2.75, 3.05) is 12.7 Å². The summed E-state index contributed by atoms with van der Waals surface area (Å²) in [5.41, 5.74) is 1.82. The second-order valence-electron chi connectivity index (χ2n) is 7.09. The van der Waals surface area contributed by atoms with Crippen LogP contribution < -0.4 is 5.32 Å². The van der Waals surface area contributed by atoms with Crippen molar-refractivity contribution in [3.63, 3.8) is 0 Å². The minimum Gasteiger partial charge on any atom is -0.303 e. The molecule has 1 atom stereocenters. The normalized spacial score (nSPS) is 15.6. The lowest BCUT2D eigenvalue weighted by Crippen LogP contribution is -2.31. The van der Waals surface area contributed by atoms with E-state index < -0.39 is 7.72 Å². The lowest BCUT2D eigenvalue weighted by atomic mass is 10.0. The molecule has 0 spiro atoms. The first-order valence-corrected chi connectivity index (χ1v) is 11.7. The van der Waals surface area contributed by atoms with E-state index in [1.165, 1.54) is 0 Å². The Kier molecular flexibility index (Phi) is 6.91. The van der Waals surface area contributed by atoms with E-state index in [-0.39, 0.29) is 30.7 Å². The highest BCUT2D eigenvalue weighted by Crippen LogP contribution is 2.53. The molecule has 144 valence electrons. The number of hydrogen-bond donors (Lipinski definition) is 3. The van der Waals surface area contributed by atoms with E-state index in [0.717, 1.165) is 24.0 Å². The van der Waals surface area contributed by atoms with E-state index in [1.54, 1.807) is 6.07 Å². The van der Waals surface area contributed by atoms with Gasteiger partial charge >= 0.3 is 0 Å². The van der Waals surface area contributed by atoms with E-state index in [4.69, 9.17) is 23.2 Å². The Morgan fingerprint density at radius 1 is 1.11 bits per heavy atom. The predicted octanol–water partition coefficient (Wildman–Crippen LogP) is 4.64. The zero-order valence-electron chi connectivity index (χ0n) is 14.8. The Morgan fingerprint density at radius 3 is 2.44 bits per heavy atom. The molecule has 1 fully saturated rings. The van der Waals surface area contributed by atoms with Gasteiger partial charge in [0, 0.05) is 6.04 Å². The summed E-state index contributed by atoms with van der Waals surface area (Å²) in [7, 11) is -3.30. The molecule has 0 saturated heterocycles. The molecule has 2 aromatic rings. The molecule has 4 nitrogen and oxygen atoms in total. The number of nitrogens with one attached hydrogen (secondary N) is 1. The van der Waals surface area contributed by atoms with Crippen LogP contribution in [0.3, 0.4) is 0 Å². The summed E-state index contributed by atoms with van der Waals surface area (Å²) >= 11 is 12.1. The van der Waals surface area contributed by atoms with Gasteiger partial charge in [-0.3, -0.25) is 4.79 Å². The summed E-state index contributed by atoms with van der Waals surface area (Å²) in [6, 6.07) is 14.7. The SMILES string of the molecule is O=C(CNC(c1ccc(Cl)c(Cl)c1)C1CC1)C[P+](O)(O)Cc1ccccc1. The molecule has 0 bridgehead atoms. The first kappa shape index (κ1) is 20.7. The van der Waals surface area contributed by atoms with Crippen LogP contribution in [0.15, 0.2) is 48.5 Å². The molecule has 0 aliphatic heterocycles. The number of ketones is 1. The molecule has 3 rings (SSSR count). The molecule has 1 saturated carbocycles. The minimum atomic E-state index is -3.30. The molecule has 0 radical (unpaired) electrons. The highest BCUT2D eigenvalue weighted by molar-refractivity contribution is 7.64. The third-order valence-electron chi connectivity index (χ3n) is 4.62. The third-order valence-corrected chi connectivity index (χ3v) is 7.09. The number of rotatable bonds is 9. The van der Waals surface area contributed by atoms with Crippen molar-refractivity contribution in [3.05, 3.63) is 69.7 Å². The van der Waals surface area contributed by atoms with Gasteiger partial charge in [0.1, 0.15) is 6.16 Å². The quantitative estimate of drug-likeness (QED) is 0.511. The largest absolute Gasteiger partial charge is 0.303 e. The molecule has 7 heteroatoms. The molecule has 0 amide bonds. The number of carbonyl (C=O) groups excluding carboxylic acids is 1. The van der Waals surface area contributed by atoms with Crippen molar-refractivity contribution in [1.82, 2.24) is 5.32 Å². The van der Waals surface area contributed by atoms with Gasteiger partial charge in [-0.25, -0.2) is 9.79 Å². The number of benzene rings is 2. The monoisotopic (exact) mass is 426 g/mol. The highest BCUT2D eigenvalue weighted by atomic mass is 35.5. The van der Waals surface area contributed by atoms with E-state index >= 15 is 0 Å². The Bertz CT molecular complexity index is 797. The first-order valence-electron chi connectivity index (χ1n) is 8.90. The molecule has 1 aliphatic carbocycles. The van der Waals surface area contributed by atoms with Crippen LogP contribution in [0.2, 0.25) is 10.0 Å². The average Bonchev–Trinajstić information content (AvgIpc) is 3.43. The molecule has 0 heterocycles. The van der Waals surface area contributed by atoms with Gasteiger partial charge in [-0.05, 0) is 42.0 Å². The lowest BCUT2D eigenvalue weighted by molar-refractivity contribution is -0.116. The first-order chi connectivity index (χ1) is 12.8. The molecule has 0 aromatic heterocycles. The van der Waals surface area contributed by atoms with Crippen LogP contribution >= 0.6 is 30.9 Å². The summed E-state index contributed by atoms with van der Waals surface area (Å²) in [5, 5.41) is 4.27. The zero-order valence-corrected chi connectivity index (χ0v) is 17.2. The van der Waals surface area contributed by atoms with E-state index in [0.29, 0.717) is 16.0 Å². The summed E-state index contributed by atoms with van der Waals surface area (Å²) in [5.74, 6) is 0.261. The summed E-state index contributed by atoms with van der Waals surface area (Å²) in [4.78, 5) is 32.9. The van der Waals surface area contributed by atoms with Gasteiger partial charge in [0.05, 0.1) is 16.6 Å². The van der Waals surface area contributed by atoms with Gasteiger partial charge in [-0.1, -0.05) is 59.6 Å². The molecular weight excluding hydrogens is 404 g/mol. The number of Topliss-reactive ketones (excluding diaryl/α,β-unsaturated/α-hetero) is 1. The molecule has 1 unspecified atom stereocenters. The fourth-order valence-corrected chi connectivity index (χ4v) is 5.08. The smallest absolute Gasteiger partial charge is 0.279 e. The lowest BCUT2D eigenvalue weighted by Gasteiger charge is -2.19. The van der Waals surface area contributed by atoms with Crippen LogP contribution in [0.25, 0.3) is 0 Å². The second kappa shape index (κ2) is 9.00. The Labute approximate surface area is 170 Å².